The van der Waals surface area contributed by atoms with Gasteiger partial charge < -0.3 is 34.3 Å². The molecule has 2 N–H and O–H groups in total. The summed E-state index contributed by atoms with van der Waals surface area (Å²) >= 11 is 3.56. The van der Waals surface area contributed by atoms with E-state index < -0.39 is 18.1 Å². The zero-order valence-electron chi connectivity index (χ0n) is 21.5. The van der Waals surface area contributed by atoms with E-state index in [2.05, 4.69) is 21.2 Å². The zero-order chi connectivity index (χ0) is 26.2. The molecule has 1 aromatic rings. The number of carbonyl (C=O) groups excluding carboxylic acids is 2. The molecule has 3 heterocycles. The third kappa shape index (κ3) is 7.30. The first-order valence-electron chi connectivity index (χ1n) is 12.7. The Labute approximate surface area is 221 Å². The molecule has 10 nitrogen and oxygen atoms in total. The maximum atomic E-state index is 13.7. The summed E-state index contributed by atoms with van der Waals surface area (Å²) < 4.78 is 13.3. The molecule has 0 aromatic carbocycles. The summed E-state index contributed by atoms with van der Waals surface area (Å²) in [7, 11) is 1.68. The van der Waals surface area contributed by atoms with Crippen LogP contribution in [-0.4, -0.2) is 102 Å². The normalized spacial score (nSPS) is 21.6. The molecule has 2 saturated heterocycles. The van der Waals surface area contributed by atoms with Gasteiger partial charge in [0.15, 0.2) is 5.78 Å². The second-order valence-electron chi connectivity index (χ2n) is 9.90. The average molecular weight is 572 g/mol. The molecule has 2 fully saturated rings. The molecule has 1 aromatic heterocycles. The van der Waals surface area contributed by atoms with Crippen LogP contribution in [0, 0.1) is 11.8 Å². The second-order valence-corrected chi connectivity index (χ2v) is 10.7. The van der Waals surface area contributed by atoms with E-state index in [0.29, 0.717) is 51.6 Å². The molecule has 0 aliphatic carbocycles. The van der Waals surface area contributed by atoms with Gasteiger partial charge in [-0.15, -0.1) is 0 Å². The Balaban J connectivity index is 1.74. The van der Waals surface area contributed by atoms with Crippen LogP contribution in [-0.2, 0) is 20.8 Å². The minimum absolute atomic E-state index is 0.0262. The van der Waals surface area contributed by atoms with Crippen molar-refractivity contribution in [3.05, 3.63) is 22.4 Å². The van der Waals surface area contributed by atoms with E-state index in [0.717, 1.165) is 17.4 Å². The SMILES string of the molecule is COCCCCn1c(Br)ccc1C(=O)C(N[C@H]1C[C@@H](C(=O)N2CCOCC2)CN(C(=O)O)C1)C(C)C. The summed E-state index contributed by atoms with van der Waals surface area (Å²) in [6, 6.07) is 2.89. The summed E-state index contributed by atoms with van der Waals surface area (Å²) in [5.41, 5.74) is 0.609. The van der Waals surface area contributed by atoms with Gasteiger partial charge in [0.1, 0.15) is 0 Å². The van der Waals surface area contributed by atoms with Crippen molar-refractivity contribution in [3.8, 4) is 0 Å². The predicted octanol–water partition coefficient (Wildman–Crippen LogP) is 2.70. The van der Waals surface area contributed by atoms with Crippen LogP contribution in [0.15, 0.2) is 16.7 Å². The minimum atomic E-state index is -1.05. The van der Waals surface area contributed by atoms with Gasteiger partial charge in [0, 0.05) is 52.5 Å². The third-order valence-electron chi connectivity index (χ3n) is 6.92. The lowest BCUT2D eigenvalue weighted by atomic mass is 9.90. The Kier molecular flexibility index (Phi) is 10.8. The molecule has 36 heavy (non-hydrogen) atoms. The molecule has 0 radical (unpaired) electrons. The number of hydrogen-bond donors (Lipinski definition) is 2. The highest BCUT2D eigenvalue weighted by atomic mass is 79.9. The van der Waals surface area contributed by atoms with Crippen molar-refractivity contribution in [2.24, 2.45) is 11.8 Å². The van der Waals surface area contributed by atoms with Crippen molar-refractivity contribution < 1.29 is 29.0 Å². The van der Waals surface area contributed by atoms with Crippen molar-refractivity contribution in [3.63, 3.8) is 0 Å². The Morgan fingerprint density at radius 1 is 1.17 bits per heavy atom. The van der Waals surface area contributed by atoms with Crippen LogP contribution in [0.5, 0.6) is 0 Å². The van der Waals surface area contributed by atoms with Crippen LogP contribution in [0.1, 0.15) is 43.6 Å². The molecule has 1 unspecified atom stereocenters. The maximum Gasteiger partial charge on any atom is 0.407 e. The Bertz CT molecular complexity index is 901. The number of carboxylic acid groups (broad SMARTS) is 1. The van der Waals surface area contributed by atoms with Gasteiger partial charge in [-0.3, -0.25) is 9.59 Å². The minimum Gasteiger partial charge on any atom is -0.465 e. The fourth-order valence-electron chi connectivity index (χ4n) is 4.98. The highest BCUT2D eigenvalue weighted by Gasteiger charge is 2.38. The van der Waals surface area contributed by atoms with Crippen molar-refractivity contribution in [2.45, 2.75) is 51.7 Å². The van der Waals surface area contributed by atoms with Crippen LogP contribution >= 0.6 is 15.9 Å². The van der Waals surface area contributed by atoms with Gasteiger partial charge in [-0.2, -0.15) is 0 Å². The average Bonchev–Trinajstić information content (AvgIpc) is 3.24. The molecule has 2 aliphatic heterocycles. The summed E-state index contributed by atoms with van der Waals surface area (Å²) in [4.78, 5) is 41.8. The maximum absolute atomic E-state index is 13.7. The van der Waals surface area contributed by atoms with Crippen LogP contribution in [0.4, 0.5) is 4.79 Å². The Morgan fingerprint density at radius 2 is 1.89 bits per heavy atom. The first-order valence-corrected chi connectivity index (χ1v) is 13.5. The molecule has 2 aliphatic rings. The van der Waals surface area contributed by atoms with E-state index in [4.69, 9.17) is 9.47 Å². The number of nitrogens with one attached hydrogen (secondary N) is 1. The number of hydrogen-bond acceptors (Lipinski definition) is 6. The highest BCUT2D eigenvalue weighted by Crippen LogP contribution is 2.24. The van der Waals surface area contributed by atoms with E-state index in [1.807, 2.05) is 30.5 Å². The number of unbranched alkanes of at least 4 members (excludes halogenated alkanes) is 1. The van der Waals surface area contributed by atoms with Gasteiger partial charge in [0.25, 0.3) is 0 Å². The molecular formula is C25H39BrN4O6. The van der Waals surface area contributed by atoms with E-state index in [1.54, 1.807) is 12.0 Å². The predicted molar refractivity (Wildman–Crippen MR) is 138 cm³/mol. The number of ketones is 1. The first kappa shape index (κ1) is 28.6. The number of methoxy groups -OCH3 is 1. The standard InChI is InChI=1S/C25H39BrN4O6/c1-17(2)22(23(31)20-6-7-21(26)30(20)8-4-5-11-35-3)27-19-14-18(15-29(16-19)25(33)34)24(32)28-9-12-36-13-10-28/h6-7,17-19,22,27H,4-5,8-16H2,1-3H3,(H,33,34)/t18-,19+,22?/m1/s1. The third-order valence-corrected chi connectivity index (χ3v) is 7.61. The van der Waals surface area contributed by atoms with Gasteiger partial charge in [-0.1, -0.05) is 13.8 Å². The Hall–Kier alpha value is -1.95. The fraction of sp³-hybridized carbons (Fsp3) is 0.720. The number of piperidine rings is 1. The van der Waals surface area contributed by atoms with Crippen molar-refractivity contribution in [1.82, 2.24) is 19.7 Å². The first-order chi connectivity index (χ1) is 17.2. The van der Waals surface area contributed by atoms with E-state index in [-0.39, 0.29) is 36.7 Å². The number of halogens is 1. The van der Waals surface area contributed by atoms with Gasteiger partial charge >= 0.3 is 6.09 Å². The van der Waals surface area contributed by atoms with Crippen LogP contribution < -0.4 is 5.32 Å². The number of nitrogens with zero attached hydrogens (tertiary/aromatic N) is 3. The summed E-state index contributed by atoms with van der Waals surface area (Å²) in [6.07, 6.45) is 1.20. The molecule has 11 heteroatoms. The lowest BCUT2D eigenvalue weighted by molar-refractivity contribution is -0.141. The van der Waals surface area contributed by atoms with E-state index >= 15 is 0 Å². The van der Waals surface area contributed by atoms with Crippen LogP contribution in [0.3, 0.4) is 0 Å². The van der Waals surface area contributed by atoms with Gasteiger partial charge in [-0.05, 0) is 53.2 Å². The molecule has 0 saturated carbocycles. The molecular weight excluding hydrogens is 532 g/mol. The largest absolute Gasteiger partial charge is 0.465 e. The molecule has 2 amide bonds. The van der Waals surface area contributed by atoms with E-state index in [1.165, 1.54) is 4.90 Å². The molecule has 0 bridgehead atoms. The van der Waals surface area contributed by atoms with Crippen LogP contribution in [0.25, 0.3) is 0 Å². The zero-order valence-corrected chi connectivity index (χ0v) is 23.0. The molecule has 3 atom stereocenters. The van der Waals surface area contributed by atoms with Gasteiger partial charge in [0.05, 0.1) is 35.5 Å². The fourth-order valence-corrected chi connectivity index (χ4v) is 5.48. The number of amides is 2. The molecule has 3 rings (SSSR count). The quantitative estimate of drug-likeness (QED) is 0.310. The van der Waals surface area contributed by atoms with Crippen LogP contribution in [0.2, 0.25) is 0 Å². The van der Waals surface area contributed by atoms with Gasteiger partial charge in [0.2, 0.25) is 5.91 Å². The van der Waals surface area contributed by atoms with Crippen molar-refractivity contribution >= 4 is 33.7 Å². The Morgan fingerprint density at radius 3 is 2.53 bits per heavy atom. The summed E-state index contributed by atoms with van der Waals surface area (Å²) in [6.45, 7) is 7.74. The lowest BCUT2D eigenvalue weighted by Crippen LogP contribution is -2.58. The number of rotatable bonds is 11. The lowest BCUT2D eigenvalue weighted by Gasteiger charge is -2.40. The number of ether oxygens (including phenoxy) is 2. The molecule has 0 spiro atoms. The highest BCUT2D eigenvalue weighted by molar-refractivity contribution is 9.10. The summed E-state index contributed by atoms with van der Waals surface area (Å²) in [5.74, 6) is -0.558. The number of carbonyl (C=O) groups is 3. The number of Topliss-reactive ketones (excluding diaryl/α,β-unsaturated/α-hetero) is 1. The topological polar surface area (TPSA) is 113 Å². The van der Waals surface area contributed by atoms with Gasteiger partial charge in [-0.25, -0.2) is 4.79 Å². The van der Waals surface area contributed by atoms with Crippen molar-refractivity contribution in [2.75, 3.05) is 53.1 Å². The molecule has 202 valence electrons. The van der Waals surface area contributed by atoms with E-state index in [9.17, 15) is 19.5 Å². The summed E-state index contributed by atoms with van der Waals surface area (Å²) in [5, 5.41) is 13.2. The number of likely N-dealkylation sites (tertiary alicyclic amines) is 1. The number of morpholine rings is 1. The van der Waals surface area contributed by atoms with Crippen molar-refractivity contribution in [1.29, 1.82) is 0 Å². The monoisotopic (exact) mass is 570 g/mol. The smallest absolute Gasteiger partial charge is 0.407 e. The number of aromatic nitrogens is 1. The second kappa shape index (κ2) is 13.6.